The molecule has 104 valence electrons. The van der Waals surface area contributed by atoms with Crippen molar-refractivity contribution in [2.45, 2.75) is 19.8 Å². The minimum Gasteiger partial charge on any atom is -0.384 e. The molecule has 1 saturated heterocycles. The highest BCUT2D eigenvalue weighted by Crippen LogP contribution is 2.12. The van der Waals surface area contributed by atoms with Crippen LogP contribution in [-0.4, -0.2) is 48.6 Å². The van der Waals surface area contributed by atoms with E-state index in [1.807, 2.05) is 11.0 Å². The van der Waals surface area contributed by atoms with E-state index in [0.29, 0.717) is 31.9 Å². The Hall–Kier alpha value is -1.62. The number of carbonyl (C=O) groups excluding carboxylic acids is 1. The van der Waals surface area contributed by atoms with Crippen molar-refractivity contribution in [1.82, 2.24) is 9.88 Å². The molecule has 0 aromatic carbocycles. The lowest BCUT2D eigenvalue weighted by Gasteiger charge is -2.26. The predicted molar refractivity (Wildman–Crippen MR) is 74.4 cm³/mol. The molecule has 1 aliphatic heterocycles. The van der Waals surface area contributed by atoms with Crippen LogP contribution in [-0.2, 0) is 4.74 Å². The van der Waals surface area contributed by atoms with E-state index in [4.69, 9.17) is 4.74 Å². The van der Waals surface area contributed by atoms with Crippen molar-refractivity contribution in [2.75, 3.05) is 38.2 Å². The van der Waals surface area contributed by atoms with Crippen LogP contribution in [0.1, 0.15) is 30.1 Å². The fraction of sp³-hybridized carbons (Fsp3) is 0.571. The first-order valence-corrected chi connectivity index (χ1v) is 6.87. The zero-order valence-corrected chi connectivity index (χ0v) is 11.4. The second-order valence-corrected chi connectivity index (χ2v) is 4.65. The first-order chi connectivity index (χ1) is 9.31. The molecular formula is C14H21N3O2. The highest BCUT2D eigenvalue weighted by Gasteiger charge is 2.18. The Morgan fingerprint density at radius 3 is 2.95 bits per heavy atom. The molecule has 2 rings (SSSR count). The molecule has 0 atom stereocenters. The number of morpholine rings is 1. The van der Waals surface area contributed by atoms with Gasteiger partial charge >= 0.3 is 0 Å². The fourth-order valence-electron chi connectivity index (χ4n) is 2.01. The Labute approximate surface area is 114 Å². The lowest BCUT2D eigenvalue weighted by Crippen LogP contribution is -2.40. The van der Waals surface area contributed by atoms with Crippen LogP contribution < -0.4 is 5.32 Å². The number of aromatic nitrogens is 1. The molecule has 1 aromatic heterocycles. The number of nitrogens with zero attached hydrogens (tertiary/aromatic N) is 2. The molecule has 5 heteroatoms. The van der Waals surface area contributed by atoms with Crippen LogP contribution in [0.4, 0.5) is 5.69 Å². The molecule has 2 heterocycles. The molecule has 1 aromatic rings. The van der Waals surface area contributed by atoms with Crippen molar-refractivity contribution < 1.29 is 9.53 Å². The number of amides is 1. The highest BCUT2D eigenvalue weighted by molar-refractivity contribution is 5.94. The van der Waals surface area contributed by atoms with Crippen molar-refractivity contribution in [2.24, 2.45) is 0 Å². The Morgan fingerprint density at radius 2 is 2.21 bits per heavy atom. The lowest BCUT2D eigenvalue weighted by molar-refractivity contribution is 0.0302. The van der Waals surface area contributed by atoms with Gasteiger partial charge in [0, 0.05) is 32.0 Å². The standard InChI is InChI=1S/C14H21N3O2/c1-2-3-4-16-13-9-12(10-15-11-13)14(18)17-5-7-19-8-6-17/h9-11,16H,2-8H2,1H3. The van der Waals surface area contributed by atoms with Gasteiger partial charge in [-0.25, -0.2) is 0 Å². The summed E-state index contributed by atoms with van der Waals surface area (Å²) in [6, 6.07) is 1.88. The van der Waals surface area contributed by atoms with Crippen LogP contribution in [0.3, 0.4) is 0 Å². The summed E-state index contributed by atoms with van der Waals surface area (Å²) in [7, 11) is 0. The maximum Gasteiger partial charge on any atom is 0.255 e. The number of ether oxygens (including phenoxy) is 1. The van der Waals surface area contributed by atoms with E-state index in [0.717, 1.165) is 25.1 Å². The van der Waals surface area contributed by atoms with Gasteiger partial charge in [-0.3, -0.25) is 9.78 Å². The Morgan fingerprint density at radius 1 is 1.42 bits per heavy atom. The van der Waals surface area contributed by atoms with Gasteiger partial charge in [0.1, 0.15) is 0 Å². The van der Waals surface area contributed by atoms with Gasteiger partial charge in [-0.15, -0.1) is 0 Å². The number of unbranched alkanes of at least 4 members (excludes halogenated alkanes) is 1. The average Bonchev–Trinajstić information content (AvgIpc) is 2.48. The van der Waals surface area contributed by atoms with Crippen LogP contribution in [0.25, 0.3) is 0 Å². The van der Waals surface area contributed by atoms with Gasteiger partial charge in [0.05, 0.1) is 24.5 Å². The molecule has 0 aliphatic carbocycles. The zero-order valence-electron chi connectivity index (χ0n) is 11.4. The van der Waals surface area contributed by atoms with E-state index < -0.39 is 0 Å². The molecule has 0 spiro atoms. The number of hydrogen-bond acceptors (Lipinski definition) is 4. The van der Waals surface area contributed by atoms with E-state index >= 15 is 0 Å². The fourth-order valence-corrected chi connectivity index (χ4v) is 2.01. The second-order valence-electron chi connectivity index (χ2n) is 4.65. The summed E-state index contributed by atoms with van der Waals surface area (Å²) in [4.78, 5) is 18.2. The monoisotopic (exact) mass is 263 g/mol. The average molecular weight is 263 g/mol. The Kier molecular flexibility index (Phi) is 5.15. The third-order valence-corrected chi connectivity index (χ3v) is 3.14. The minimum absolute atomic E-state index is 0.0370. The summed E-state index contributed by atoms with van der Waals surface area (Å²) in [5.41, 5.74) is 1.55. The van der Waals surface area contributed by atoms with Crippen molar-refractivity contribution >= 4 is 11.6 Å². The highest BCUT2D eigenvalue weighted by atomic mass is 16.5. The summed E-state index contributed by atoms with van der Waals surface area (Å²) < 4.78 is 5.25. The summed E-state index contributed by atoms with van der Waals surface area (Å²) in [5, 5.41) is 3.29. The summed E-state index contributed by atoms with van der Waals surface area (Å²) >= 11 is 0. The summed E-state index contributed by atoms with van der Waals surface area (Å²) in [6.07, 6.45) is 5.64. The van der Waals surface area contributed by atoms with E-state index in [1.54, 1.807) is 12.4 Å². The van der Waals surface area contributed by atoms with Crippen LogP contribution in [0.15, 0.2) is 18.5 Å². The number of rotatable bonds is 5. The van der Waals surface area contributed by atoms with Gasteiger partial charge in [0.2, 0.25) is 0 Å². The maximum atomic E-state index is 12.3. The quantitative estimate of drug-likeness (QED) is 0.823. The second kappa shape index (κ2) is 7.09. The van der Waals surface area contributed by atoms with Gasteiger partial charge in [0.25, 0.3) is 5.91 Å². The number of nitrogens with one attached hydrogen (secondary N) is 1. The first kappa shape index (κ1) is 13.8. The van der Waals surface area contributed by atoms with E-state index in [9.17, 15) is 4.79 Å². The maximum absolute atomic E-state index is 12.3. The largest absolute Gasteiger partial charge is 0.384 e. The van der Waals surface area contributed by atoms with Gasteiger partial charge in [0.15, 0.2) is 0 Å². The molecule has 5 nitrogen and oxygen atoms in total. The summed E-state index contributed by atoms with van der Waals surface area (Å²) in [5.74, 6) is 0.0370. The topological polar surface area (TPSA) is 54.5 Å². The first-order valence-electron chi connectivity index (χ1n) is 6.87. The third-order valence-electron chi connectivity index (χ3n) is 3.14. The molecule has 1 amide bonds. The van der Waals surface area contributed by atoms with E-state index in [1.165, 1.54) is 0 Å². The molecule has 0 saturated carbocycles. The molecule has 1 fully saturated rings. The molecule has 19 heavy (non-hydrogen) atoms. The molecule has 0 radical (unpaired) electrons. The van der Waals surface area contributed by atoms with Gasteiger partial charge in [-0.05, 0) is 12.5 Å². The van der Waals surface area contributed by atoms with E-state index in [-0.39, 0.29) is 5.91 Å². The Bertz CT molecular complexity index is 417. The predicted octanol–water partition coefficient (Wildman–Crippen LogP) is 1.77. The lowest BCUT2D eigenvalue weighted by atomic mass is 10.2. The smallest absolute Gasteiger partial charge is 0.255 e. The van der Waals surface area contributed by atoms with Gasteiger partial charge < -0.3 is 15.0 Å². The zero-order chi connectivity index (χ0) is 13.5. The van der Waals surface area contributed by atoms with Gasteiger partial charge in [-0.2, -0.15) is 0 Å². The van der Waals surface area contributed by atoms with E-state index in [2.05, 4.69) is 17.2 Å². The molecule has 0 bridgehead atoms. The Balaban J connectivity index is 1.98. The normalized spacial score (nSPS) is 15.3. The van der Waals surface area contributed by atoms with Crippen molar-refractivity contribution in [1.29, 1.82) is 0 Å². The molecular weight excluding hydrogens is 242 g/mol. The van der Waals surface area contributed by atoms with Crippen LogP contribution >= 0.6 is 0 Å². The number of carbonyl (C=O) groups is 1. The number of pyridine rings is 1. The van der Waals surface area contributed by atoms with Crippen molar-refractivity contribution in [3.8, 4) is 0 Å². The van der Waals surface area contributed by atoms with Crippen molar-refractivity contribution in [3.63, 3.8) is 0 Å². The van der Waals surface area contributed by atoms with Crippen LogP contribution in [0.2, 0.25) is 0 Å². The molecule has 0 unspecified atom stereocenters. The minimum atomic E-state index is 0.0370. The number of hydrogen-bond donors (Lipinski definition) is 1. The third kappa shape index (κ3) is 3.92. The molecule has 1 N–H and O–H groups in total. The van der Waals surface area contributed by atoms with Crippen LogP contribution in [0.5, 0.6) is 0 Å². The van der Waals surface area contributed by atoms with Crippen LogP contribution in [0, 0.1) is 0 Å². The van der Waals surface area contributed by atoms with Crippen molar-refractivity contribution in [3.05, 3.63) is 24.0 Å². The molecule has 1 aliphatic rings. The number of anilines is 1. The summed E-state index contributed by atoms with van der Waals surface area (Å²) in [6.45, 7) is 5.62. The SMILES string of the molecule is CCCCNc1cncc(C(=O)N2CCOCC2)c1. The van der Waals surface area contributed by atoms with Gasteiger partial charge in [-0.1, -0.05) is 13.3 Å².